The predicted molar refractivity (Wildman–Crippen MR) is 50.6 cm³/mol. The van der Waals surface area contributed by atoms with Gasteiger partial charge in [0.05, 0.1) is 0 Å². The Hall–Kier alpha value is -1.87. The van der Waals surface area contributed by atoms with Gasteiger partial charge in [0.1, 0.15) is 6.67 Å². The summed E-state index contributed by atoms with van der Waals surface area (Å²) in [5.74, 6) is 0. The zero-order chi connectivity index (χ0) is 10.3. The Morgan fingerprint density at radius 2 is 1.79 bits per heavy atom. The molecule has 76 valence electrons. The van der Waals surface area contributed by atoms with E-state index >= 15 is 0 Å². The van der Waals surface area contributed by atoms with Crippen molar-refractivity contribution in [1.82, 2.24) is 0 Å². The number of hydrogen-bond donors (Lipinski definition) is 0. The fourth-order valence-electron chi connectivity index (χ4n) is 0.628. The summed E-state index contributed by atoms with van der Waals surface area (Å²) in [6, 6.07) is 7.08. The first-order valence-corrected chi connectivity index (χ1v) is 5.02. The molecule has 1 atom stereocenters. The van der Waals surface area contributed by atoms with E-state index in [0.717, 1.165) is 11.8 Å². The second-order valence-corrected chi connectivity index (χ2v) is 3.15. The molecule has 0 spiro atoms. The molecule has 0 aliphatic rings. The van der Waals surface area contributed by atoms with Gasteiger partial charge in [0.15, 0.2) is 0 Å². The van der Waals surface area contributed by atoms with Crippen molar-refractivity contribution >= 4 is 11.1 Å². The molecule has 0 aromatic heterocycles. The largest absolute Gasteiger partial charge is 0.773 e. The fraction of sp³-hybridized carbons (Fsp3) is 0.222. The minimum absolute atomic E-state index is 0. The van der Waals surface area contributed by atoms with Crippen molar-refractivity contribution in [3.8, 4) is 0 Å². The Balaban J connectivity index is 0. The van der Waals surface area contributed by atoms with Gasteiger partial charge >= 0.3 is 0 Å². The predicted octanol–water partition coefficient (Wildman–Crippen LogP) is 1.83. The van der Waals surface area contributed by atoms with Crippen LogP contribution in [0.5, 0.6) is 0 Å². The van der Waals surface area contributed by atoms with Gasteiger partial charge < -0.3 is 4.55 Å². The van der Waals surface area contributed by atoms with Gasteiger partial charge in [-0.2, -0.15) is 24.6 Å². The van der Waals surface area contributed by atoms with Crippen LogP contribution in [0.25, 0.3) is 0 Å². The second-order valence-electron chi connectivity index (χ2n) is 2.35. The summed E-state index contributed by atoms with van der Waals surface area (Å²) in [4.78, 5) is 0. The molecular formula is C9H11FO2RfS-2. The van der Waals surface area contributed by atoms with Gasteiger partial charge in [0.25, 0.3) is 0 Å². The SMILES string of the molecule is CS(=O)[O-].[CH2-]c1ccc(CF)cc1.[Rf]. The van der Waals surface area contributed by atoms with Crippen LogP contribution in [0.15, 0.2) is 24.3 Å². The van der Waals surface area contributed by atoms with E-state index in [1.165, 1.54) is 0 Å². The molecule has 1 unspecified atom stereocenters. The fourth-order valence-corrected chi connectivity index (χ4v) is 0.628. The normalized spacial score (nSPS) is 10.5. The van der Waals surface area contributed by atoms with E-state index < -0.39 is 11.1 Å². The van der Waals surface area contributed by atoms with Gasteiger partial charge in [-0.15, -0.1) is 12.1 Å². The van der Waals surface area contributed by atoms with E-state index in [1.807, 2.05) is 0 Å². The second kappa shape index (κ2) is 7.76. The van der Waals surface area contributed by atoms with E-state index in [2.05, 4.69) is 6.92 Å². The summed E-state index contributed by atoms with van der Waals surface area (Å²) in [6.45, 7) is 3.28. The molecule has 14 heavy (non-hydrogen) atoms. The van der Waals surface area contributed by atoms with Crippen molar-refractivity contribution in [3.05, 3.63) is 42.3 Å². The van der Waals surface area contributed by atoms with E-state index in [1.54, 1.807) is 24.3 Å². The zero-order valence-corrected chi connectivity index (χ0v) is 15.2. The van der Waals surface area contributed by atoms with Crippen molar-refractivity contribution in [3.63, 3.8) is 0 Å². The monoisotopic (exact) mass is 469 g/mol. The molecule has 2 nitrogen and oxygen atoms in total. The quantitative estimate of drug-likeness (QED) is 0.466. The molecule has 0 amide bonds. The van der Waals surface area contributed by atoms with Crippen molar-refractivity contribution in [2.75, 3.05) is 6.26 Å². The van der Waals surface area contributed by atoms with Crippen LogP contribution in [0.2, 0.25) is 0 Å². The molecule has 1 rings (SSSR count). The molecule has 1 aromatic carbocycles. The van der Waals surface area contributed by atoms with Crippen LogP contribution >= 0.6 is 0 Å². The maximum absolute atomic E-state index is 11.8. The standard InChI is InChI=1S/C8H8F.CH4O2S.Rf/c1-7-2-4-8(6-9)5-3-7;1-4(2)3;/h2-5H,1,6H2;1H3,(H,2,3);/q-1;;/p-1. The summed E-state index contributed by atoms with van der Waals surface area (Å²) in [5.41, 5.74) is 1.63. The Kier molecular flexibility index (Phi) is 8.12. The number of benzene rings is 1. The van der Waals surface area contributed by atoms with Gasteiger partial charge in [-0.3, -0.25) is 4.21 Å². The average molecular weight is 469 g/mol. The smallest absolute Gasteiger partial charge is 0.113 e. The zero-order valence-electron chi connectivity index (χ0n) is 8.03. The third-order valence-electron chi connectivity index (χ3n) is 1.18. The Bertz CT molecular complexity index is 260. The van der Waals surface area contributed by atoms with Gasteiger partial charge in [-0.05, 0) is 11.8 Å². The van der Waals surface area contributed by atoms with E-state index in [9.17, 15) is 4.39 Å². The van der Waals surface area contributed by atoms with Gasteiger partial charge in [0.2, 0.25) is 0 Å². The summed E-state index contributed by atoms with van der Waals surface area (Å²) >= 11 is -1.86. The molecule has 0 saturated heterocycles. The summed E-state index contributed by atoms with van der Waals surface area (Å²) in [6.07, 6.45) is 1.08. The molecule has 0 fully saturated rings. The first-order valence-electron chi connectivity index (χ1n) is 3.54. The number of hydrogen-bond acceptors (Lipinski definition) is 2. The minimum atomic E-state index is -1.86. The van der Waals surface area contributed by atoms with Crippen molar-refractivity contribution in [2.24, 2.45) is 0 Å². The number of rotatable bonds is 1. The molecule has 1 aromatic rings. The number of halogens is 1. The van der Waals surface area contributed by atoms with Gasteiger partial charge in [0, 0.05) is 0 Å². The molecule has 0 saturated carbocycles. The first-order chi connectivity index (χ1) is 6.06. The van der Waals surface area contributed by atoms with Crippen LogP contribution in [0.3, 0.4) is 0 Å². The maximum Gasteiger partial charge on any atom is 0.113 e. The van der Waals surface area contributed by atoms with Crippen molar-refractivity contribution in [2.45, 2.75) is 6.67 Å². The van der Waals surface area contributed by atoms with E-state index in [0.29, 0.717) is 5.56 Å². The van der Waals surface area contributed by atoms with Crippen LogP contribution in [0, 0.1) is 6.92 Å². The van der Waals surface area contributed by atoms with Crippen molar-refractivity contribution in [1.29, 1.82) is 0 Å². The van der Waals surface area contributed by atoms with Crippen LogP contribution in [-0.2, 0) is 17.8 Å². The molecule has 0 N–H and O–H groups in total. The molecule has 5 heteroatoms. The summed E-state index contributed by atoms with van der Waals surface area (Å²) in [5, 5.41) is 0. The molecule has 0 radical (unpaired) electrons. The topological polar surface area (TPSA) is 40.1 Å². The van der Waals surface area contributed by atoms with E-state index in [-0.39, 0.29) is 6.67 Å². The first kappa shape index (κ1) is 14.6. The molecule has 0 bridgehead atoms. The molecular weight excluding hydrogens is 458 g/mol. The average Bonchev–Trinajstić information content (AvgIpc) is 2.05. The van der Waals surface area contributed by atoms with Crippen molar-refractivity contribution < 1.29 is 13.2 Å². The van der Waals surface area contributed by atoms with Crippen LogP contribution in [0.1, 0.15) is 11.1 Å². The van der Waals surface area contributed by atoms with Crippen LogP contribution < -0.4 is 0 Å². The Morgan fingerprint density at radius 3 is 2.07 bits per heavy atom. The summed E-state index contributed by atoms with van der Waals surface area (Å²) < 4.78 is 29.8. The third-order valence-corrected chi connectivity index (χ3v) is 1.18. The van der Waals surface area contributed by atoms with E-state index in [4.69, 9.17) is 8.76 Å². The maximum atomic E-state index is 11.8. The third kappa shape index (κ3) is 8.23. The van der Waals surface area contributed by atoms with Crippen LogP contribution in [-0.4, -0.2) is 15.0 Å². The van der Waals surface area contributed by atoms with Gasteiger partial charge in [-0.25, -0.2) is 4.39 Å². The minimum Gasteiger partial charge on any atom is -0.773 e. The van der Waals surface area contributed by atoms with Gasteiger partial charge in [-0.1, -0.05) is 11.1 Å². The Labute approximate surface area is 80.1 Å². The molecule has 0 heterocycles. The summed E-state index contributed by atoms with van der Waals surface area (Å²) in [7, 11) is 0. The van der Waals surface area contributed by atoms with Crippen LogP contribution in [0.4, 0.5) is 4.39 Å². The Morgan fingerprint density at radius 1 is 1.43 bits per heavy atom. The molecule has 0 aliphatic heterocycles. The molecule has 0 aliphatic carbocycles. The number of alkyl halides is 1.